The molecule has 1 aromatic carbocycles. The molecule has 0 aliphatic rings. The number of hydrogen-bond donors (Lipinski definition) is 3. The molecule has 8 nitrogen and oxygen atoms in total. The molecular formula is C21H23N5O3S. The Morgan fingerprint density at radius 1 is 0.967 bits per heavy atom. The van der Waals surface area contributed by atoms with Crippen LogP contribution in [0.4, 0.5) is 0 Å². The third-order valence-corrected chi connectivity index (χ3v) is 5.82. The molecule has 0 bridgehead atoms. The summed E-state index contributed by atoms with van der Waals surface area (Å²) in [6.45, 7) is 1.32. The second kappa shape index (κ2) is 10.1. The van der Waals surface area contributed by atoms with Gasteiger partial charge in [-0.15, -0.1) is 0 Å². The second-order valence-corrected chi connectivity index (χ2v) is 8.24. The first-order valence-corrected chi connectivity index (χ1v) is 10.9. The lowest BCUT2D eigenvalue weighted by Gasteiger charge is -2.09. The maximum Gasteiger partial charge on any atom is 0.269 e. The van der Waals surface area contributed by atoms with Crippen molar-refractivity contribution >= 4 is 15.9 Å². The lowest BCUT2D eigenvalue weighted by atomic mass is 10.1. The highest BCUT2D eigenvalue weighted by atomic mass is 32.2. The van der Waals surface area contributed by atoms with E-state index >= 15 is 0 Å². The van der Waals surface area contributed by atoms with Crippen molar-refractivity contribution in [2.24, 2.45) is 0 Å². The van der Waals surface area contributed by atoms with E-state index in [1.165, 1.54) is 25.4 Å². The molecule has 0 atom stereocenters. The van der Waals surface area contributed by atoms with Crippen LogP contribution >= 0.6 is 0 Å². The summed E-state index contributed by atoms with van der Waals surface area (Å²) < 4.78 is 27.1. The van der Waals surface area contributed by atoms with Gasteiger partial charge in [0.05, 0.1) is 0 Å². The van der Waals surface area contributed by atoms with E-state index in [0.717, 1.165) is 16.7 Å². The van der Waals surface area contributed by atoms with Crippen LogP contribution in [-0.2, 0) is 16.6 Å². The minimum atomic E-state index is -3.68. The van der Waals surface area contributed by atoms with Crippen molar-refractivity contribution in [3.63, 3.8) is 0 Å². The monoisotopic (exact) mass is 425 g/mol. The third kappa shape index (κ3) is 5.69. The number of rotatable bonds is 9. The molecule has 0 fully saturated rings. The number of sulfonamides is 1. The first kappa shape index (κ1) is 21.6. The van der Waals surface area contributed by atoms with E-state index in [4.69, 9.17) is 0 Å². The highest BCUT2D eigenvalue weighted by Crippen LogP contribution is 2.18. The molecule has 0 radical (unpaired) electrons. The van der Waals surface area contributed by atoms with E-state index in [1.807, 2.05) is 42.6 Å². The quantitative estimate of drug-likeness (QED) is 0.449. The number of hydrogen-bond acceptors (Lipinski definition) is 6. The van der Waals surface area contributed by atoms with Crippen LogP contribution in [-0.4, -0.2) is 44.4 Å². The SMILES string of the molecule is CNC(=O)c1ccc(S(=O)(=O)NCCNCc2ccc(-c3cccnc3)cc2)cn1. The molecule has 9 heteroatoms. The maximum absolute atomic E-state index is 12.3. The van der Waals surface area contributed by atoms with Gasteiger partial charge in [0.1, 0.15) is 10.6 Å². The van der Waals surface area contributed by atoms with Gasteiger partial charge in [0, 0.05) is 45.3 Å². The van der Waals surface area contributed by atoms with Crippen LogP contribution in [0.2, 0.25) is 0 Å². The fourth-order valence-electron chi connectivity index (χ4n) is 2.74. The van der Waals surface area contributed by atoms with Crippen molar-refractivity contribution in [1.82, 2.24) is 25.3 Å². The van der Waals surface area contributed by atoms with Crippen LogP contribution in [0.3, 0.4) is 0 Å². The Bertz CT molecular complexity index is 1070. The standard InChI is InChI=1S/C21H23N5O3S/c1-22-21(27)20-9-8-19(15-25-20)30(28,29)26-12-11-24-13-16-4-6-17(7-5-16)18-3-2-10-23-14-18/h2-10,14-15,24,26H,11-13H2,1H3,(H,22,27). The van der Waals surface area contributed by atoms with Gasteiger partial charge in [0.2, 0.25) is 10.0 Å². The Morgan fingerprint density at radius 3 is 2.40 bits per heavy atom. The number of nitrogens with one attached hydrogen (secondary N) is 3. The van der Waals surface area contributed by atoms with Gasteiger partial charge < -0.3 is 10.6 Å². The first-order valence-electron chi connectivity index (χ1n) is 9.37. The number of carbonyl (C=O) groups excluding carboxylic acids is 1. The highest BCUT2D eigenvalue weighted by Gasteiger charge is 2.15. The molecule has 3 aromatic rings. The Morgan fingerprint density at radius 2 is 1.77 bits per heavy atom. The highest BCUT2D eigenvalue weighted by molar-refractivity contribution is 7.89. The molecule has 30 heavy (non-hydrogen) atoms. The summed E-state index contributed by atoms with van der Waals surface area (Å²) in [5.74, 6) is -0.371. The molecule has 2 aromatic heterocycles. The fourth-order valence-corrected chi connectivity index (χ4v) is 3.72. The number of aromatic nitrogens is 2. The van der Waals surface area contributed by atoms with Crippen LogP contribution in [0.1, 0.15) is 16.1 Å². The van der Waals surface area contributed by atoms with Gasteiger partial charge in [-0.25, -0.2) is 18.1 Å². The zero-order valence-corrected chi connectivity index (χ0v) is 17.3. The van der Waals surface area contributed by atoms with Gasteiger partial charge in [-0.1, -0.05) is 30.3 Å². The molecule has 0 aliphatic carbocycles. The topological polar surface area (TPSA) is 113 Å². The summed E-state index contributed by atoms with van der Waals surface area (Å²) in [5, 5.41) is 5.64. The molecule has 0 saturated heterocycles. The molecule has 0 spiro atoms. The second-order valence-electron chi connectivity index (χ2n) is 6.47. The minimum absolute atomic E-state index is 0.0149. The smallest absolute Gasteiger partial charge is 0.269 e. The average molecular weight is 426 g/mol. The van der Waals surface area contributed by atoms with E-state index < -0.39 is 10.0 Å². The normalized spacial score (nSPS) is 11.2. The molecule has 156 valence electrons. The molecular weight excluding hydrogens is 402 g/mol. The van der Waals surface area contributed by atoms with E-state index in [-0.39, 0.29) is 23.0 Å². The average Bonchev–Trinajstić information content (AvgIpc) is 2.79. The van der Waals surface area contributed by atoms with Crippen molar-refractivity contribution in [3.8, 4) is 11.1 Å². The Kier molecular flexibility index (Phi) is 7.23. The summed E-state index contributed by atoms with van der Waals surface area (Å²) in [6.07, 6.45) is 4.73. The molecule has 0 saturated carbocycles. The van der Waals surface area contributed by atoms with Crippen molar-refractivity contribution in [2.45, 2.75) is 11.4 Å². The van der Waals surface area contributed by atoms with E-state index in [2.05, 4.69) is 25.3 Å². The summed E-state index contributed by atoms with van der Waals surface area (Å²) in [7, 11) is -2.20. The van der Waals surface area contributed by atoms with Crippen molar-refractivity contribution in [3.05, 3.63) is 78.4 Å². The van der Waals surface area contributed by atoms with Crippen LogP contribution < -0.4 is 15.4 Å². The van der Waals surface area contributed by atoms with Gasteiger partial charge in [-0.05, 0) is 34.9 Å². The zero-order chi connectivity index (χ0) is 21.4. The number of carbonyl (C=O) groups is 1. The molecule has 1 amide bonds. The van der Waals surface area contributed by atoms with E-state index in [1.54, 1.807) is 6.20 Å². The van der Waals surface area contributed by atoms with Gasteiger partial charge in [-0.3, -0.25) is 9.78 Å². The number of pyridine rings is 2. The van der Waals surface area contributed by atoms with Crippen molar-refractivity contribution < 1.29 is 13.2 Å². The number of amides is 1. The van der Waals surface area contributed by atoms with Gasteiger partial charge in [0.25, 0.3) is 5.91 Å². The van der Waals surface area contributed by atoms with Gasteiger partial charge in [0.15, 0.2) is 0 Å². The summed E-state index contributed by atoms with van der Waals surface area (Å²) >= 11 is 0. The largest absolute Gasteiger partial charge is 0.354 e. The summed E-state index contributed by atoms with van der Waals surface area (Å²) in [6, 6.07) is 14.8. The van der Waals surface area contributed by atoms with E-state index in [0.29, 0.717) is 13.1 Å². The van der Waals surface area contributed by atoms with Gasteiger partial charge >= 0.3 is 0 Å². The Labute approximate surface area is 175 Å². The van der Waals surface area contributed by atoms with Crippen LogP contribution in [0.15, 0.2) is 72.0 Å². The molecule has 0 aliphatic heterocycles. The Hall–Kier alpha value is -3.14. The molecule has 0 unspecified atom stereocenters. The first-order chi connectivity index (χ1) is 14.5. The maximum atomic E-state index is 12.3. The molecule has 3 rings (SSSR count). The van der Waals surface area contributed by atoms with Crippen molar-refractivity contribution in [1.29, 1.82) is 0 Å². The van der Waals surface area contributed by atoms with Gasteiger partial charge in [-0.2, -0.15) is 0 Å². The lowest BCUT2D eigenvalue weighted by molar-refractivity contribution is 0.0958. The predicted octanol–water partition coefficient (Wildman–Crippen LogP) is 1.57. The fraction of sp³-hybridized carbons (Fsp3) is 0.190. The van der Waals surface area contributed by atoms with E-state index in [9.17, 15) is 13.2 Å². The molecule has 3 N–H and O–H groups in total. The lowest BCUT2D eigenvalue weighted by Crippen LogP contribution is -2.31. The van der Waals surface area contributed by atoms with Crippen LogP contribution in [0.5, 0.6) is 0 Å². The van der Waals surface area contributed by atoms with Crippen molar-refractivity contribution in [2.75, 3.05) is 20.1 Å². The summed E-state index contributed by atoms with van der Waals surface area (Å²) in [5.41, 5.74) is 3.41. The predicted molar refractivity (Wildman–Crippen MR) is 114 cm³/mol. The number of nitrogens with zero attached hydrogens (tertiary/aromatic N) is 2. The Balaban J connectivity index is 1.45. The molecule has 2 heterocycles. The third-order valence-electron chi connectivity index (χ3n) is 4.38. The number of benzene rings is 1. The van der Waals surface area contributed by atoms with Crippen LogP contribution in [0, 0.1) is 0 Å². The minimum Gasteiger partial charge on any atom is -0.354 e. The zero-order valence-electron chi connectivity index (χ0n) is 16.5. The summed E-state index contributed by atoms with van der Waals surface area (Å²) in [4.78, 5) is 19.5. The van der Waals surface area contributed by atoms with Crippen LogP contribution in [0.25, 0.3) is 11.1 Å².